The Morgan fingerprint density at radius 2 is 1.95 bits per heavy atom. The summed E-state index contributed by atoms with van der Waals surface area (Å²) >= 11 is 0. The summed E-state index contributed by atoms with van der Waals surface area (Å²) in [4.78, 5) is 4.28. The van der Waals surface area contributed by atoms with E-state index in [0.717, 1.165) is 26.2 Å². The molecule has 1 aromatic carbocycles. The van der Waals surface area contributed by atoms with Crippen LogP contribution >= 0.6 is 0 Å². The van der Waals surface area contributed by atoms with E-state index in [9.17, 15) is 4.39 Å². The maximum Gasteiger partial charge on any atom is 0.145 e. The zero-order valence-corrected chi connectivity index (χ0v) is 11.5. The molecule has 0 N–H and O–H groups in total. The molecule has 0 aliphatic carbocycles. The van der Waals surface area contributed by atoms with Gasteiger partial charge in [0.2, 0.25) is 0 Å². The molecule has 2 rings (SSSR count). The SMILES string of the molecule is CC(C#N)N1CCN(Cc2cccc(C#N)c2F)CC1. The van der Waals surface area contributed by atoms with Gasteiger partial charge >= 0.3 is 0 Å². The van der Waals surface area contributed by atoms with E-state index in [2.05, 4.69) is 15.9 Å². The van der Waals surface area contributed by atoms with Crippen LogP contribution < -0.4 is 0 Å². The topological polar surface area (TPSA) is 54.1 Å². The van der Waals surface area contributed by atoms with Crippen molar-refractivity contribution in [1.82, 2.24) is 9.80 Å². The molecular weight excluding hydrogens is 255 g/mol. The van der Waals surface area contributed by atoms with E-state index in [-0.39, 0.29) is 11.6 Å². The summed E-state index contributed by atoms with van der Waals surface area (Å²) in [6.07, 6.45) is 0. The summed E-state index contributed by atoms with van der Waals surface area (Å²) < 4.78 is 14.0. The average molecular weight is 272 g/mol. The summed E-state index contributed by atoms with van der Waals surface area (Å²) in [6.45, 7) is 5.65. The Hall–Kier alpha value is -1.95. The molecule has 0 radical (unpaired) electrons. The first-order valence-corrected chi connectivity index (χ1v) is 6.69. The van der Waals surface area contributed by atoms with E-state index >= 15 is 0 Å². The van der Waals surface area contributed by atoms with Crippen LogP contribution in [0.2, 0.25) is 0 Å². The van der Waals surface area contributed by atoms with Gasteiger partial charge in [-0.1, -0.05) is 12.1 Å². The maximum absolute atomic E-state index is 14.0. The predicted octanol–water partition coefficient (Wildman–Crippen LogP) is 1.73. The number of rotatable bonds is 3. The molecule has 1 unspecified atom stereocenters. The van der Waals surface area contributed by atoms with E-state index in [1.54, 1.807) is 12.1 Å². The van der Waals surface area contributed by atoms with Crippen molar-refractivity contribution in [2.75, 3.05) is 26.2 Å². The molecule has 0 aromatic heterocycles. The van der Waals surface area contributed by atoms with Crippen molar-refractivity contribution in [3.8, 4) is 12.1 Å². The highest BCUT2D eigenvalue weighted by atomic mass is 19.1. The highest BCUT2D eigenvalue weighted by Crippen LogP contribution is 2.16. The van der Waals surface area contributed by atoms with E-state index in [1.807, 2.05) is 13.0 Å². The Morgan fingerprint density at radius 1 is 1.25 bits per heavy atom. The van der Waals surface area contributed by atoms with Crippen molar-refractivity contribution in [3.63, 3.8) is 0 Å². The lowest BCUT2D eigenvalue weighted by Crippen LogP contribution is -2.48. The third kappa shape index (κ3) is 3.14. The van der Waals surface area contributed by atoms with Crippen LogP contribution in [0.4, 0.5) is 4.39 Å². The molecule has 4 nitrogen and oxygen atoms in total. The highest BCUT2D eigenvalue weighted by molar-refractivity contribution is 5.34. The van der Waals surface area contributed by atoms with Crippen LogP contribution in [0.1, 0.15) is 18.1 Å². The molecule has 0 bridgehead atoms. The fourth-order valence-corrected chi connectivity index (χ4v) is 2.42. The van der Waals surface area contributed by atoms with E-state index in [1.165, 1.54) is 6.07 Å². The minimum atomic E-state index is -0.414. The lowest BCUT2D eigenvalue weighted by atomic mass is 10.1. The molecule has 1 aromatic rings. The normalized spacial score (nSPS) is 18.2. The summed E-state index contributed by atoms with van der Waals surface area (Å²) in [5, 5.41) is 17.7. The van der Waals surface area contributed by atoms with Crippen LogP contribution in [0.5, 0.6) is 0 Å². The second kappa shape index (κ2) is 6.47. The van der Waals surface area contributed by atoms with Crippen molar-refractivity contribution in [2.45, 2.75) is 19.5 Å². The number of hydrogen-bond acceptors (Lipinski definition) is 4. The molecular formula is C15H17FN4. The molecule has 5 heteroatoms. The fraction of sp³-hybridized carbons (Fsp3) is 0.467. The van der Waals surface area contributed by atoms with Crippen LogP contribution in [0.15, 0.2) is 18.2 Å². The minimum absolute atomic E-state index is 0.0733. The van der Waals surface area contributed by atoms with Crippen LogP contribution in [0.3, 0.4) is 0 Å². The largest absolute Gasteiger partial charge is 0.296 e. The van der Waals surface area contributed by atoms with E-state index in [0.29, 0.717) is 12.1 Å². The maximum atomic E-state index is 14.0. The van der Waals surface area contributed by atoms with Crippen molar-refractivity contribution in [1.29, 1.82) is 10.5 Å². The van der Waals surface area contributed by atoms with Crippen LogP contribution in [-0.2, 0) is 6.54 Å². The van der Waals surface area contributed by atoms with Crippen molar-refractivity contribution in [3.05, 3.63) is 35.1 Å². The molecule has 104 valence electrons. The van der Waals surface area contributed by atoms with Gasteiger partial charge in [0, 0.05) is 38.3 Å². The number of benzene rings is 1. The third-order valence-corrected chi connectivity index (χ3v) is 3.73. The van der Waals surface area contributed by atoms with Crippen molar-refractivity contribution < 1.29 is 4.39 Å². The standard InChI is InChI=1S/C15H17FN4/c1-12(9-17)20-7-5-19(6-8-20)11-14-4-2-3-13(10-18)15(14)16/h2-4,12H,5-8,11H2,1H3. The van der Waals surface area contributed by atoms with Gasteiger partial charge in [-0.2, -0.15) is 10.5 Å². The summed E-state index contributed by atoms with van der Waals surface area (Å²) in [5.74, 6) is -0.414. The zero-order chi connectivity index (χ0) is 14.5. The van der Waals surface area contributed by atoms with Gasteiger partial charge in [-0.15, -0.1) is 0 Å². The second-order valence-corrected chi connectivity index (χ2v) is 5.01. The fourth-order valence-electron chi connectivity index (χ4n) is 2.42. The molecule has 0 saturated carbocycles. The minimum Gasteiger partial charge on any atom is -0.296 e. The van der Waals surface area contributed by atoms with Gasteiger partial charge in [0.15, 0.2) is 0 Å². The number of nitrogens with zero attached hydrogens (tertiary/aromatic N) is 4. The van der Waals surface area contributed by atoms with Crippen LogP contribution in [-0.4, -0.2) is 42.0 Å². The Bertz CT molecular complexity index is 550. The first kappa shape index (κ1) is 14.5. The predicted molar refractivity (Wildman–Crippen MR) is 73.0 cm³/mol. The zero-order valence-electron chi connectivity index (χ0n) is 11.5. The first-order chi connectivity index (χ1) is 9.65. The number of hydrogen-bond donors (Lipinski definition) is 0. The Labute approximate surface area is 118 Å². The number of halogens is 1. The lowest BCUT2D eigenvalue weighted by Gasteiger charge is -2.35. The number of piperazine rings is 1. The number of nitriles is 2. The molecule has 1 aliphatic heterocycles. The Kier molecular flexibility index (Phi) is 4.68. The van der Waals surface area contributed by atoms with E-state index < -0.39 is 5.82 Å². The van der Waals surface area contributed by atoms with Gasteiger partial charge in [-0.3, -0.25) is 9.80 Å². The molecule has 0 amide bonds. The highest BCUT2D eigenvalue weighted by Gasteiger charge is 2.21. The summed E-state index contributed by atoms with van der Waals surface area (Å²) in [6, 6.07) is 8.95. The van der Waals surface area contributed by atoms with Gasteiger partial charge < -0.3 is 0 Å². The molecule has 1 heterocycles. The van der Waals surface area contributed by atoms with Gasteiger partial charge in [0.25, 0.3) is 0 Å². The second-order valence-electron chi connectivity index (χ2n) is 5.01. The summed E-state index contributed by atoms with van der Waals surface area (Å²) in [5.41, 5.74) is 0.657. The molecule has 1 aliphatic rings. The monoisotopic (exact) mass is 272 g/mol. The Balaban J connectivity index is 1.97. The van der Waals surface area contributed by atoms with Gasteiger partial charge in [0.1, 0.15) is 11.9 Å². The van der Waals surface area contributed by atoms with Gasteiger partial charge in [-0.25, -0.2) is 4.39 Å². The molecule has 0 spiro atoms. The van der Waals surface area contributed by atoms with Crippen molar-refractivity contribution in [2.24, 2.45) is 0 Å². The molecule has 1 atom stereocenters. The van der Waals surface area contributed by atoms with Crippen molar-refractivity contribution >= 4 is 0 Å². The quantitative estimate of drug-likeness (QED) is 0.841. The van der Waals surface area contributed by atoms with Gasteiger partial charge in [-0.05, 0) is 13.0 Å². The molecule has 20 heavy (non-hydrogen) atoms. The first-order valence-electron chi connectivity index (χ1n) is 6.69. The van der Waals surface area contributed by atoms with Gasteiger partial charge in [0.05, 0.1) is 17.7 Å². The summed E-state index contributed by atoms with van der Waals surface area (Å²) in [7, 11) is 0. The average Bonchev–Trinajstić information content (AvgIpc) is 2.49. The third-order valence-electron chi connectivity index (χ3n) is 3.73. The van der Waals surface area contributed by atoms with Crippen LogP contribution in [0.25, 0.3) is 0 Å². The molecule has 1 saturated heterocycles. The smallest absolute Gasteiger partial charge is 0.145 e. The lowest BCUT2D eigenvalue weighted by molar-refractivity contribution is 0.113. The molecule has 1 fully saturated rings. The Morgan fingerprint density at radius 3 is 2.55 bits per heavy atom. The van der Waals surface area contributed by atoms with Crippen LogP contribution in [0, 0.1) is 28.5 Å². The van der Waals surface area contributed by atoms with E-state index in [4.69, 9.17) is 10.5 Å².